The van der Waals surface area contributed by atoms with Crippen LogP contribution in [-0.4, -0.2) is 15.7 Å². The van der Waals surface area contributed by atoms with Crippen molar-refractivity contribution in [1.29, 1.82) is 0 Å². The lowest BCUT2D eigenvalue weighted by molar-refractivity contribution is -0.141. The van der Waals surface area contributed by atoms with Crippen LogP contribution in [0.4, 0.5) is 18.9 Å². The monoisotopic (exact) mass is 506 g/mol. The Morgan fingerprint density at radius 1 is 0.811 bits per heavy atom. The van der Waals surface area contributed by atoms with Crippen LogP contribution in [0.5, 0.6) is 0 Å². The number of anilines is 1. The first-order valence-corrected chi connectivity index (χ1v) is 12.2. The molecule has 0 fully saturated rings. The van der Waals surface area contributed by atoms with Gasteiger partial charge in [0.15, 0.2) is 5.69 Å². The number of amides is 1. The standard InChI is InChI=1S/C29H29F3N4O/c30-29(31,32)27-19-26(36(35-27)25-16-8-14-23(18-25)20-33)28(37)34-24-15-7-13-22(17-24)12-6-2-5-11-21-9-3-1-4-10-21/h1,3-4,7-10,13-19H,2,5-6,11-12,20,33H2,(H,34,37). The summed E-state index contributed by atoms with van der Waals surface area (Å²) >= 11 is 0. The van der Waals surface area contributed by atoms with E-state index in [9.17, 15) is 18.0 Å². The van der Waals surface area contributed by atoms with Gasteiger partial charge in [-0.25, -0.2) is 4.68 Å². The Morgan fingerprint density at radius 3 is 2.22 bits per heavy atom. The molecule has 3 N–H and O–H groups in total. The number of carbonyl (C=O) groups is 1. The van der Waals surface area contributed by atoms with Crippen molar-refractivity contribution in [2.45, 2.75) is 44.8 Å². The van der Waals surface area contributed by atoms with Gasteiger partial charge in [0.2, 0.25) is 0 Å². The highest BCUT2D eigenvalue weighted by molar-refractivity contribution is 6.03. The lowest BCUT2D eigenvalue weighted by Gasteiger charge is -2.10. The molecule has 5 nitrogen and oxygen atoms in total. The van der Waals surface area contributed by atoms with Crippen LogP contribution in [0.15, 0.2) is 84.9 Å². The van der Waals surface area contributed by atoms with Crippen LogP contribution in [0, 0.1) is 0 Å². The predicted octanol–water partition coefficient (Wildman–Crippen LogP) is 6.56. The molecular formula is C29H29F3N4O. The average Bonchev–Trinajstić information content (AvgIpc) is 3.36. The molecule has 4 rings (SSSR count). The fourth-order valence-electron chi connectivity index (χ4n) is 4.17. The van der Waals surface area contributed by atoms with E-state index in [1.165, 1.54) is 5.56 Å². The summed E-state index contributed by atoms with van der Waals surface area (Å²) in [6, 6.07) is 25.1. The summed E-state index contributed by atoms with van der Waals surface area (Å²) in [5, 5.41) is 6.41. The summed E-state index contributed by atoms with van der Waals surface area (Å²) in [4.78, 5) is 13.1. The molecular weight excluding hydrogens is 477 g/mol. The number of carbonyl (C=O) groups excluding carboxylic acids is 1. The number of alkyl halides is 3. The molecule has 0 saturated carbocycles. The summed E-state index contributed by atoms with van der Waals surface area (Å²) in [6.45, 7) is 0.210. The zero-order valence-electron chi connectivity index (χ0n) is 20.3. The molecule has 8 heteroatoms. The first-order chi connectivity index (χ1) is 17.8. The van der Waals surface area contributed by atoms with Crippen molar-refractivity contribution in [2.75, 3.05) is 5.32 Å². The second-order valence-electron chi connectivity index (χ2n) is 8.90. The minimum absolute atomic E-state index is 0.210. The summed E-state index contributed by atoms with van der Waals surface area (Å²) < 4.78 is 41.3. The van der Waals surface area contributed by atoms with E-state index in [4.69, 9.17) is 5.73 Å². The molecule has 0 radical (unpaired) electrons. The van der Waals surface area contributed by atoms with E-state index in [1.54, 1.807) is 30.3 Å². The van der Waals surface area contributed by atoms with Crippen LogP contribution >= 0.6 is 0 Å². The van der Waals surface area contributed by atoms with Crippen molar-refractivity contribution in [2.24, 2.45) is 5.73 Å². The lowest BCUT2D eigenvalue weighted by Crippen LogP contribution is -2.17. The number of benzene rings is 3. The second kappa shape index (κ2) is 11.9. The van der Waals surface area contributed by atoms with Crippen molar-refractivity contribution in [3.63, 3.8) is 0 Å². The van der Waals surface area contributed by atoms with Gasteiger partial charge >= 0.3 is 6.18 Å². The van der Waals surface area contributed by atoms with E-state index >= 15 is 0 Å². The number of unbranched alkanes of at least 4 members (excludes halogenated alkanes) is 2. The van der Waals surface area contributed by atoms with E-state index in [-0.39, 0.29) is 12.2 Å². The van der Waals surface area contributed by atoms with Crippen molar-refractivity contribution in [1.82, 2.24) is 9.78 Å². The zero-order valence-corrected chi connectivity index (χ0v) is 20.3. The molecule has 0 aliphatic rings. The Hall–Kier alpha value is -3.91. The minimum atomic E-state index is -4.69. The van der Waals surface area contributed by atoms with Crippen molar-refractivity contribution in [3.05, 3.63) is 113 Å². The number of nitrogens with two attached hydrogens (primary N) is 1. The van der Waals surface area contributed by atoms with Crippen molar-refractivity contribution >= 4 is 11.6 Å². The maximum absolute atomic E-state index is 13.4. The zero-order chi connectivity index (χ0) is 26.3. The van der Waals surface area contributed by atoms with Gasteiger partial charge in [-0.2, -0.15) is 18.3 Å². The van der Waals surface area contributed by atoms with Gasteiger partial charge in [0, 0.05) is 18.3 Å². The molecule has 0 atom stereocenters. The van der Waals surface area contributed by atoms with Gasteiger partial charge in [-0.1, -0.05) is 61.0 Å². The molecule has 4 aromatic rings. The summed E-state index contributed by atoms with van der Waals surface area (Å²) in [5.74, 6) is -0.679. The van der Waals surface area contributed by atoms with Gasteiger partial charge in [0.05, 0.1) is 5.69 Å². The second-order valence-corrected chi connectivity index (χ2v) is 8.90. The van der Waals surface area contributed by atoms with Gasteiger partial charge in [-0.15, -0.1) is 0 Å². The van der Waals surface area contributed by atoms with E-state index in [0.717, 1.165) is 48.4 Å². The maximum Gasteiger partial charge on any atom is 0.435 e. The number of aromatic nitrogens is 2. The molecule has 0 saturated heterocycles. The molecule has 0 aliphatic heterocycles. The molecule has 37 heavy (non-hydrogen) atoms. The molecule has 192 valence electrons. The molecule has 1 aromatic heterocycles. The number of aryl methyl sites for hydroxylation is 2. The normalized spacial score (nSPS) is 11.5. The molecule has 1 amide bonds. The van der Waals surface area contributed by atoms with Gasteiger partial charge in [0.1, 0.15) is 5.69 Å². The number of hydrogen-bond acceptors (Lipinski definition) is 3. The summed E-state index contributed by atoms with van der Waals surface area (Å²) in [7, 11) is 0. The Balaban J connectivity index is 1.43. The summed E-state index contributed by atoms with van der Waals surface area (Å²) in [5.41, 5.74) is 8.26. The fraction of sp³-hybridized carbons (Fsp3) is 0.241. The summed E-state index contributed by atoms with van der Waals surface area (Å²) in [6.07, 6.45) is 0.374. The van der Waals surface area contributed by atoms with Crippen LogP contribution in [0.1, 0.15) is 52.1 Å². The average molecular weight is 507 g/mol. The molecule has 1 heterocycles. The van der Waals surface area contributed by atoms with E-state index in [1.807, 2.05) is 36.4 Å². The first kappa shape index (κ1) is 26.2. The number of nitrogens with one attached hydrogen (secondary N) is 1. The van der Waals surface area contributed by atoms with Crippen LogP contribution in [-0.2, 0) is 25.6 Å². The lowest BCUT2D eigenvalue weighted by atomic mass is 10.0. The van der Waals surface area contributed by atoms with Crippen LogP contribution in [0.3, 0.4) is 0 Å². The SMILES string of the molecule is NCc1cccc(-n2nc(C(F)(F)F)cc2C(=O)Nc2cccc(CCCCCc3ccccc3)c2)c1. The van der Waals surface area contributed by atoms with Crippen molar-refractivity contribution in [3.8, 4) is 5.69 Å². The van der Waals surface area contributed by atoms with Crippen molar-refractivity contribution < 1.29 is 18.0 Å². The van der Waals surface area contributed by atoms with Crippen LogP contribution in [0.2, 0.25) is 0 Å². The third-order valence-electron chi connectivity index (χ3n) is 6.08. The highest BCUT2D eigenvalue weighted by Crippen LogP contribution is 2.30. The van der Waals surface area contributed by atoms with Crippen LogP contribution < -0.4 is 11.1 Å². The van der Waals surface area contributed by atoms with Crippen LogP contribution in [0.25, 0.3) is 5.69 Å². The van der Waals surface area contributed by atoms with E-state index < -0.39 is 17.8 Å². The molecule has 0 spiro atoms. The Bertz CT molecular complexity index is 1330. The smallest absolute Gasteiger partial charge is 0.326 e. The quantitative estimate of drug-likeness (QED) is 0.239. The molecule has 0 unspecified atom stereocenters. The maximum atomic E-state index is 13.4. The molecule has 0 aliphatic carbocycles. The van der Waals surface area contributed by atoms with E-state index in [2.05, 4.69) is 22.5 Å². The first-order valence-electron chi connectivity index (χ1n) is 12.2. The van der Waals surface area contributed by atoms with Gasteiger partial charge in [0.25, 0.3) is 5.91 Å². The third kappa shape index (κ3) is 7.07. The Kier molecular flexibility index (Phi) is 8.40. The largest absolute Gasteiger partial charge is 0.435 e. The number of rotatable bonds is 10. The Labute approximate surface area is 214 Å². The number of hydrogen-bond donors (Lipinski definition) is 2. The van der Waals surface area contributed by atoms with Gasteiger partial charge in [-0.3, -0.25) is 4.79 Å². The number of nitrogens with zero attached hydrogens (tertiary/aromatic N) is 2. The number of halogens is 3. The highest BCUT2D eigenvalue weighted by atomic mass is 19.4. The third-order valence-corrected chi connectivity index (χ3v) is 6.08. The topological polar surface area (TPSA) is 72.9 Å². The minimum Gasteiger partial charge on any atom is -0.326 e. The highest BCUT2D eigenvalue weighted by Gasteiger charge is 2.36. The Morgan fingerprint density at radius 2 is 1.49 bits per heavy atom. The molecule has 3 aromatic carbocycles. The van der Waals surface area contributed by atoms with Gasteiger partial charge in [-0.05, 0) is 66.6 Å². The van der Waals surface area contributed by atoms with Gasteiger partial charge < -0.3 is 11.1 Å². The fourth-order valence-corrected chi connectivity index (χ4v) is 4.17. The van der Waals surface area contributed by atoms with E-state index in [0.29, 0.717) is 16.9 Å². The molecule has 0 bridgehead atoms. The predicted molar refractivity (Wildman–Crippen MR) is 139 cm³/mol.